The molecule has 43 heavy (non-hydrogen) atoms. The molecule has 234 valence electrons. The topological polar surface area (TPSA) is 260 Å². The molecule has 5 rings (SSSR count). The van der Waals surface area contributed by atoms with E-state index in [2.05, 4.69) is 0 Å². The Hall–Kier alpha value is -3.35. The van der Waals surface area contributed by atoms with Gasteiger partial charge in [0, 0.05) is 11.6 Å². The van der Waals surface area contributed by atoms with Gasteiger partial charge in [0.25, 0.3) is 0 Å². The summed E-state index contributed by atoms with van der Waals surface area (Å²) >= 11 is 0. The van der Waals surface area contributed by atoms with Gasteiger partial charge in [-0.1, -0.05) is 0 Å². The lowest BCUT2D eigenvalue weighted by Crippen LogP contribution is -2.56. The molecule has 3 aromatic rings. The molecule has 2 aromatic carbocycles. The van der Waals surface area contributed by atoms with Gasteiger partial charge in [0.2, 0.25) is 5.43 Å². The molecule has 15 heteroatoms. The molecule has 10 N–H and O–H groups in total. The highest BCUT2D eigenvalue weighted by molar-refractivity contribution is 5.89. The zero-order valence-electron chi connectivity index (χ0n) is 22.6. The molecule has 10 atom stereocenters. The van der Waals surface area contributed by atoms with E-state index in [1.54, 1.807) is 0 Å². The van der Waals surface area contributed by atoms with Crippen LogP contribution in [-0.2, 0) is 9.47 Å². The quantitative estimate of drug-likeness (QED) is 0.144. The average molecular weight is 609 g/mol. The van der Waals surface area contributed by atoms with Crippen molar-refractivity contribution in [2.24, 2.45) is 0 Å². The van der Waals surface area contributed by atoms with Gasteiger partial charge in [0.1, 0.15) is 95.0 Å². The molecule has 15 nitrogen and oxygen atoms in total. The zero-order valence-corrected chi connectivity index (χ0v) is 22.6. The van der Waals surface area contributed by atoms with Crippen LogP contribution in [0.1, 0.15) is 23.3 Å². The highest BCUT2D eigenvalue weighted by Gasteiger charge is 2.48. The smallest absolute Gasteiger partial charge is 0.203 e. The number of hydrogen-bond donors (Lipinski definition) is 10. The third-order valence-electron chi connectivity index (χ3n) is 7.92. The van der Waals surface area contributed by atoms with Crippen molar-refractivity contribution in [1.82, 2.24) is 0 Å². The Kier molecular flexibility index (Phi) is 8.65. The predicted octanol–water partition coefficient (Wildman–Crippen LogP) is -2.09. The van der Waals surface area contributed by atoms with E-state index in [1.807, 2.05) is 0 Å². The molecule has 2 saturated heterocycles. The number of methoxy groups -OCH3 is 1. The van der Waals surface area contributed by atoms with E-state index in [4.69, 9.17) is 18.6 Å². The van der Waals surface area contributed by atoms with Crippen LogP contribution in [0.5, 0.6) is 17.2 Å². The number of aliphatic hydroxyl groups excluding tert-OH is 8. The minimum atomic E-state index is -1.93. The van der Waals surface area contributed by atoms with Gasteiger partial charge in [0.15, 0.2) is 0 Å². The van der Waals surface area contributed by atoms with Crippen LogP contribution in [0, 0.1) is 0 Å². The van der Waals surface area contributed by atoms with E-state index in [-0.39, 0.29) is 16.9 Å². The summed E-state index contributed by atoms with van der Waals surface area (Å²) in [6.45, 7) is -1.59. The summed E-state index contributed by atoms with van der Waals surface area (Å²) in [4.78, 5) is 14.2. The maximum absolute atomic E-state index is 14.2. The van der Waals surface area contributed by atoms with Crippen LogP contribution in [0.15, 0.2) is 39.5 Å². The molecular formula is C28H32O15. The summed E-state index contributed by atoms with van der Waals surface area (Å²) in [5.74, 6) is -1.47. The number of aromatic hydroxyl groups is 2. The third kappa shape index (κ3) is 5.12. The van der Waals surface area contributed by atoms with E-state index in [1.165, 1.54) is 31.4 Å². The van der Waals surface area contributed by atoms with Crippen LogP contribution in [-0.4, -0.2) is 120 Å². The van der Waals surface area contributed by atoms with Gasteiger partial charge in [-0.15, -0.1) is 0 Å². The van der Waals surface area contributed by atoms with Crippen molar-refractivity contribution >= 4 is 11.0 Å². The first-order valence-corrected chi connectivity index (χ1v) is 13.3. The Morgan fingerprint density at radius 3 is 1.74 bits per heavy atom. The van der Waals surface area contributed by atoms with Crippen molar-refractivity contribution in [3.8, 4) is 28.6 Å². The van der Waals surface area contributed by atoms with Gasteiger partial charge in [-0.3, -0.25) is 4.79 Å². The number of hydrogen-bond acceptors (Lipinski definition) is 15. The normalized spacial score (nSPS) is 33.0. The van der Waals surface area contributed by atoms with Gasteiger partial charge in [-0.25, -0.2) is 0 Å². The Bertz CT molecular complexity index is 1520. The molecule has 0 spiro atoms. The first-order chi connectivity index (χ1) is 20.4. The maximum atomic E-state index is 14.2. The average Bonchev–Trinajstić information content (AvgIpc) is 3.00. The van der Waals surface area contributed by atoms with Crippen molar-refractivity contribution in [2.75, 3.05) is 20.3 Å². The van der Waals surface area contributed by atoms with Gasteiger partial charge in [-0.2, -0.15) is 0 Å². The molecule has 2 aliphatic rings. The summed E-state index contributed by atoms with van der Waals surface area (Å²) in [6, 6.07) is 7.01. The minimum Gasteiger partial charge on any atom is -0.507 e. The Morgan fingerprint density at radius 1 is 0.744 bits per heavy atom. The van der Waals surface area contributed by atoms with E-state index in [9.17, 15) is 55.9 Å². The van der Waals surface area contributed by atoms with Crippen LogP contribution in [0.4, 0.5) is 0 Å². The van der Waals surface area contributed by atoms with E-state index in [0.717, 1.165) is 6.07 Å². The summed E-state index contributed by atoms with van der Waals surface area (Å²) in [5.41, 5.74) is -2.17. The van der Waals surface area contributed by atoms with Crippen LogP contribution >= 0.6 is 0 Å². The molecule has 0 amide bonds. The largest absolute Gasteiger partial charge is 0.507 e. The fraction of sp³-hybridized carbons (Fsp3) is 0.464. The molecule has 0 bridgehead atoms. The first kappa shape index (κ1) is 31.1. The third-order valence-corrected chi connectivity index (χ3v) is 7.92. The fourth-order valence-electron chi connectivity index (χ4n) is 5.53. The number of aliphatic hydroxyl groups is 8. The molecule has 0 unspecified atom stereocenters. The fourth-order valence-corrected chi connectivity index (χ4v) is 5.53. The molecule has 2 fully saturated rings. The Balaban J connectivity index is 1.77. The van der Waals surface area contributed by atoms with Gasteiger partial charge in [0.05, 0.1) is 31.5 Å². The molecule has 2 aliphatic heterocycles. The highest BCUT2D eigenvalue weighted by atomic mass is 16.6. The number of ether oxygens (including phenoxy) is 3. The summed E-state index contributed by atoms with van der Waals surface area (Å²) in [7, 11) is 1.43. The molecule has 1 aromatic heterocycles. The Morgan fingerprint density at radius 2 is 1.26 bits per heavy atom. The number of phenolic OH excluding ortho intramolecular Hbond substituents is 2. The van der Waals surface area contributed by atoms with Crippen molar-refractivity contribution in [1.29, 1.82) is 0 Å². The molecule has 0 saturated carbocycles. The van der Waals surface area contributed by atoms with Crippen LogP contribution < -0.4 is 10.2 Å². The molecular weight excluding hydrogens is 576 g/mol. The number of benzene rings is 2. The van der Waals surface area contributed by atoms with Crippen molar-refractivity contribution < 1.29 is 69.7 Å². The van der Waals surface area contributed by atoms with Crippen molar-refractivity contribution in [3.05, 3.63) is 51.7 Å². The van der Waals surface area contributed by atoms with Crippen LogP contribution in [0.3, 0.4) is 0 Å². The van der Waals surface area contributed by atoms with Crippen LogP contribution in [0.2, 0.25) is 0 Å². The second-order valence-electron chi connectivity index (χ2n) is 10.4. The highest BCUT2D eigenvalue weighted by Crippen LogP contribution is 2.46. The number of phenols is 2. The number of fused-ring (bicyclic) bond motifs is 1. The lowest BCUT2D eigenvalue weighted by molar-refractivity contribution is -0.232. The lowest BCUT2D eigenvalue weighted by Gasteiger charge is -2.40. The first-order valence-electron chi connectivity index (χ1n) is 13.3. The predicted molar refractivity (Wildman–Crippen MR) is 143 cm³/mol. The maximum Gasteiger partial charge on any atom is 0.203 e. The van der Waals surface area contributed by atoms with Gasteiger partial charge >= 0.3 is 0 Å². The standard InChI is InChI=1S/C28H32O15/c1-40-10-4-2-9(3-5-10)26-17(28-25(39)23(37)19(33)14(8-30)43-28)21(35)16-12(41-26)6-11(31)15(20(16)34)27-24(38)22(36)18(32)13(7-29)42-27/h2-6,13-14,18-19,22-25,27-34,36-39H,7-8H2,1H3/t13-,14-,18-,19-,22+,23-,24-,25-,27+,28+/m1/s1. The van der Waals surface area contributed by atoms with Crippen molar-refractivity contribution in [2.45, 2.75) is 61.0 Å². The second kappa shape index (κ2) is 12.0. The lowest BCUT2D eigenvalue weighted by atomic mass is 9.87. The molecule has 3 heterocycles. The van der Waals surface area contributed by atoms with Gasteiger partial charge in [-0.05, 0) is 24.3 Å². The van der Waals surface area contributed by atoms with Gasteiger partial charge < -0.3 is 69.7 Å². The Labute approximate surface area is 242 Å². The summed E-state index contributed by atoms with van der Waals surface area (Å²) < 4.78 is 22.3. The van der Waals surface area contributed by atoms with E-state index < -0.39 is 108 Å². The number of rotatable bonds is 6. The molecule has 0 aliphatic carbocycles. The zero-order chi connectivity index (χ0) is 31.3. The second-order valence-corrected chi connectivity index (χ2v) is 10.4. The van der Waals surface area contributed by atoms with Crippen molar-refractivity contribution in [3.63, 3.8) is 0 Å². The van der Waals surface area contributed by atoms with Crippen LogP contribution in [0.25, 0.3) is 22.3 Å². The van der Waals surface area contributed by atoms with E-state index in [0.29, 0.717) is 5.75 Å². The minimum absolute atomic E-state index is 0.219. The summed E-state index contributed by atoms with van der Waals surface area (Å²) in [6.07, 6.45) is -17.3. The monoisotopic (exact) mass is 608 g/mol. The van der Waals surface area contributed by atoms with E-state index >= 15 is 0 Å². The SMILES string of the molecule is COc1ccc(-c2oc3cc(O)c([C@@H]4O[C@H](CO)[C@@H](O)[C@H](O)[C@H]4O)c(O)c3c(=O)c2[C@@H]2O[C@H](CO)[C@@H](O)[C@@H](O)[C@H]2O)cc1. The molecule has 0 radical (unpaired) electrons. The summed E-state index contributed by atoms with van der Waals surface area (Å²) in [5, 5.41) is 104.